The smallest absolute Gasteiger partial charge is 0.183 e. The Morgan fingerprint density at radius 1 is 1.07 bits per heavy atom. The van der Waals surface area contributed by atoms with Gasteiger partial charge in [0, 0.05) is 29.6 Å². The van der Waals surface area contributed by atoms with Crippen molar-refractivity contribution < 1.29 is 13.5 Å². The Labute approximate surface area is 173 Å². The van der Waals surface area contributed by atoms with Gasteiger partial charge in [-0.1, -0.05) is 0 Å². The number of thiazole rings is 1. The highest BCUT2D eigenvalue weighted by Gasteiger charge is 2.35. The van der Waals surface area contributed by atoms with Crippen molar-refractivity contribution in [3.8, 4) is 0 Å². The molecule has 8 heteroatoms. The standard InChI is InChI=1S/C21H21N3O3S2/c1-21(2,8-10-25)29(26,27)15-4-5-17-16(12-15)18(7-9-22-17)24-14-3-6-20-19(11-14)23-13-28-20/h3-7,9,11-13,25H,8,10H2,1-2H3,(H,22,24). The van der Waals surface area contributed by atoms with E-state index in [1.807, 2.05) is 29.8 Å². The minimum absolute atomic E-state index is 0.166. The van der Waals surface area contributed by atoms with E-state index in [0.29, 0.717) is 10.9 Å². The van der Waals surface area contributed by atoms with Crippen LogP contribution >= 0.6 is 11.3 Å². The van der Waals surface area contributed by atoms with Crippen molar-refractivity contribution in [1.82, 2.24) is 9.97 Å². The fraction of sp³-hybridized carbons (Fsp3) is 0.238. The number of rotatable bonds is 6. The van der Waals surface area contributed by atoms with Crippen LogP contribution in [0, 0.1) is 0 Å². The van der Waals surface area contributed by atoms with Crippen molar-refractivity contribution >= 4 is 53.7 Å². The third kappa shape index (κ3) is 3.59. The van der Waals surface area contributed by atoms with Crippen LogP contribution in [0.25, 0.3) is 21.1 Å². The molecule has 0 fully saturated rings. The fourth-order valence-electron chi connectivity index (χ4n) is 3.22. The van der Waals surface area contributed by atoms with Gasteiger partial charge in [0.2, 0.25) is 0 Å². The average Bonchev–Trinajstić information content (AvgIpc) is 3.15. The molecule has 0 radical (unpaired) electrons. The number of aliphatic hydroxyl groups excluding tert-OH is 1. The Bertz CT molecular complexity index is 1300. The van der Waals surface area contributed by atoms with E-state index in [-0.39, 0.29) is 17.9 Å². The van der Waals surface area contributed by atoms with E-state index in [1.165, 1.54) is 0 Å². The maximum atomic E-state index is 13.1. The molecule has 0 aliphatic carbocycles. The van der Waals surface area contributed by atoms with Crippen molar-refractivity contribution in [2.75, 3.05) is 11.9 Å². The molecule has 0 aliphatic rings. The van der Waals surface area contributed by atoms with Crippen LogP contribution < -0.4 is 5.32 Å². The summed E-state index contributed by atoms with van der Waals surface area (Å²) in [5, 5.41) is 13.3. The summed E-state index contributed by atoms with van der Waals surface area (Å²) in [6, 6.07) is 12.7. The molecule has 0 unspecified atom stereocenters. The van der Waals surface area contributed by atoms with Crippen LogP contribution in [-0.2, 0) is 9.84 Å². The van der Waals surface area contributed by atoms with Crippen LogP contribution in [0.15, 0.2) is 59.1 Å². The van der Waals surface area contributed by atoms with Gasteiger partial charge in [-0.2, -0.15) is 0 Å². The third-order valence-corrected chi connectivity index (χ3v) is 8.42. The quantitative estimate of drug-likeness (QED) is 0.470. The lowest BCUT2D eigenvalue weighted by molar-refractivity contribution is 0.272. The highest BCUT2D eigenvalue weighted by molar-refractivity contribution is 7.92. The van der Waals surface area contributed by atoms with Crippen LogP contribution in [-0.4, -0.2) is 34.8 Å². The van der Waals surface area contributed by atoms with E-state index < -0.39 is 14.6 Å². The molecule has 0 bridgehead atoms. The minimum Gasteiger partial charge on any atom is -0.396 e. The van der Waals surface area contributed by atoms with Gasteiger partial charge in [-0.25, -0.2) is 13.4 Å². The lowest BCUT2D eigenvalue weighted by Crippen LogP contribution is -2.33. The number of nitrogens with one attached hydrogen (secondary N) is 1. The molecule has 0 saturated heterocycles. The molecule has 2 aromatic heterocycles. The first-order valence-corrected chi connectivity index (χ1v) is 11.5. The van der Waals surface area contributed by atoms with E-state index in [0.717, 1.165) is 21.6 Å². The average molecular weight is 428 g/mol. The SMILES string of the molecule is CC(C)(CCO)S(=O)(=O)c1ccc2nccc(Nc3ccc4scnc4c3)c2c1. The Hall–Kier alpha value is -2.55. The summed E-state index contributed by atoms with van der Waals surface area (Å²) in [4.78, 5) is 8.92. The molecule has 4 rings (SSSR count). The maximum Gasteiger partial charge on any atom is 0.183 e. The predicted molar refractivity (Wildman–Crippen MR) is 118 cm³/mol. The van der Waals surface area contributed by atoms with Gasteiger partial charge in [0.1, 0.15) is 0 Å². The first-order chi connectivity index (χ1) is 13.8. The number of aromatic nitrogens is 2. The second-order valence-electron chi connectivity index (χ2n) is 7.43. The fourth-order valence-corrected chi connectivity index (χ4v) is 5.39. The molecule has 2 heterocycles. The summed E-state index contributed by atoms with van der Waals surface area (Å²) in [6.07, 6.45) is 1.86. The van der Waals surface area contributed by atoms with Gasteiger partial charge < -0.3 is 10.4 Å². The maximum absolute atomic E-state index is 13.1. The Morgan fingerprint density at radius 2 is 1.90 bits per heavy atom. The van der Waals surface area contributed by atoms with Crippen LogP contribution in [0.3, 0.4) is 0 Å². The van der Waals surface area contributed by atoms with E-state index >= 15 is 0 Å². The number of hydrogen-bond acceptors (Lipinski definition) is 7. The summed E-state index contributed by atoms with van der Waals surface area (Å²) in [5.74, 6) is 0. The second kappa shape index (κ2) is 7.37. The van der Waals surface area contributed by atoms with Crippen LogP contribution in [0.5, 0.6) is 0 Å². The molecule has 0 atom stereocenters. The van der Waals surface area contributed by atoms with E-state index in [4.69, 9.17) is 0 Å². The number of sulfone groups is 1. The second-order valence-corrected chi connectivity index (χ2v) is 10.9. The van der Waals surface area contributed by atoms with E-state index in [9.17, 15) is 13.5 Å². The molecular weight excluding hydrogens is 406 g/mol. The molecule has 4 aromatic rings. The summed E-state index contributed by atoms with van der Waals surface area (Å²) in [5.41, 5.74) is 5.05. The summed E-state index contributed by atoms with van der Waals surface area (Å²) < 4.78 is 26.3. The number of nitrogens with zero attached hydrogens (tertiary/aromatic N) is 2. The van der Waals surface area contributed by atoms with Crippen molar-refractivity contribution in [3.63, 3.8) is 0 Å². The van der Waals surface area contributed by atoms with Crippen molar-refractivity contribution in [2.45, 2.75) is 29.9 Å². The van der Waals surface area contributed by atoms with Crippen LogP contribution in [0.4, 0.5) is 11.4 Å². The first-order valence-electron chi connectivity index (χ1n) is 9.16. The third-order valence-electron chi connectivity index (χ3n) is 5.07. The van der Waals surface area contributed by atoms with Gasteiger partial charge in [0.15, 0.2) is 9.84 Å². The van der Waals surface area contributed by atoms with Gasteiger partial charge >= 0.3 is 0 Å². The first kappa shape index (κ1) is 19.8. The Balaban J connectivity index is 1.78. The number of pyridine rings is 1. The zero-order valence-electron chi connectivity index (χ0n) is 16.1. The number of hydrogen-bond donors (Lipinski definition) is 2. The largest absolute Gasteiger partial charge is 0.396 e. The lowest BCUT2D eigenvalue weighted by Gasteiger charge is -2.24. The molecule has 6 nitrogen and oxygen atoms in total. The summed E-state index contributed by atoms with van der Waals surface area (Å²) in [7, 11) is -3.63. The number of aliphatic hydroxyl groups is 1. The van der Waals surface area contributed by atoms with Gasteiger partial charge in [0.05, 0.1) is 30.9 Å². The zero-order valence-corrected chi connectivity index (χ0v) is 17.7. The zero-order chi connectivity index (χ0) is 20.6. The molecule has 29 heavy (non-hydrogen) atoms. The van der Waals surface area contributed by atoms with Crippen molar-refractivity contribution in [1.29, 1.82) is 0 Å². The van der Waals surface area contributed by atoms with Gasteiger partial charge in [-0.05, 0) is 62.7 Å². The summed E-state index contributed by atoms with van der Waals surface area (Å²) in [6.45, 7) is 3.08. The van der Waals surface area contributed by atoms with E-state index in [1.54, 1.807) is 49.6 Å². The van der Waals surface area contributed by atoms with Gasteiger partial charge in [-0.3, -0.25) is 4.98 Å². The van der Waals surface area contributed by atoms with Gasteiger partial charge in [-0.15, -0.1) is 11.3 Å². The molecule has 0 spiro atoms. The topological polar surface area (TPSA) is 92.2 Å². The minimum atomic E-state index is -3.63. The lowest BCUT2D eigenvalue weighted by atomic mass is 10.1. The summed E-state index contributed by atoms with van der Waals surface area (Å²) >= 11 is 1.58. The normalized spacial score (nSPS) is 12.5. The van der Waals surface area contributed by atoms with Gasteiger partial charge in [0.25, 0.3) is 0 Å². The Morgan fingerprint density at radius 3 is 2.69 bits per heavy atom. The number of fused-ring (bicyclic) bond motifs is 2. The Kier molecular flexibility index (Phi) is 5.02. The highest BCUT2D eigenvalue weighted by Crippen LogP contribution is 2.33. The molecule has 2 N–H and O–H groups in total. The highest BCUT2D eigenvalue weighted by atomic mass is 32.2. The number of anilines is 2. The molecule has 0 amide bonds. The van der Waals surface area contributed by atoms with Crippen LogP contribution in [0.2, 0.25) is 0 Å². The van der Waals surface area contributed by atoms with E-state index in [2.05, 4.69) is 15.3 Å². The molecular formula is C21H21N3O3S2. The van der Waals surface area contributed by atoms with Crippen molar-refractivity contribution in [3.05, 3.63) is 54.2 Å². The molecule has 0 saturated carbocycles. The predicted octanol–water partition coefficient (Wildman–Crippen LogP) is 4.52. The van der Waals surface area contributed by atoms with Crippen LogP contribution in [0.1, 0.15) is 20.3 Å². The molecule has 0 aliphatic heterocycles. The molecule has 2 aromatic carbocycles. The molecule has 150 valence electrons. The van der Waals surface area contributed by atoms with Crippen molar-refractivity contribution in [2.24, 2.45) is 0 Å². The number of benzene rings is 2. The monoisotopic (exact) mass is 427 g/mol.